The Morgan fingerprint density at radius 1 is 1.14 bits per heavy atom. The molecular formula is C16H18N4O2. The zero-order valence-electron chi connectivity index (χ0n) is 12.5. The molecule has 0 unspecified atom stereocenters. The Morgan fingerprint density at radius 3 is 2.50 bits per heavy atom. The third kappa shape index (κ3) is 3.40. The molecule has 1 aliphatic rings. The van der Waals surface area contributed by atoms with Crippen molar-refractivity contribution in [3.63, 3.8) is 0 Å². The third-order valence-electron chi connectivity index (χ3n) is 3.52. The van der Waals surface area contributed by atoms with Gasteiger partial charge in [0.2, 0.25) is 0 Å². The molecule has 1 N–H and O–H groups in total. The smallest absolute Gasteiger partial charge is 0.275 e. The molecule has 1 amide bonds. The molecule has 0 saturated carbocycles. The van der Waals surface area contributed by atoms with Crippen molar-refractivity contribution < 1.29 is 9.53 Å². The van der Waals surface area contributed by atoms with Gasteiger partial charge in [0.1, 0.15) is 11.5 Å². The lowest BCUT2D eigenvalue weighted by Gasteiger charge is -2.27. The maximum Gasteiger partial charge on any atom is 0.275 e. The Hall–Kier alpha value is -2.47. The van der Waals surface area contributed by atoms with Crippen molar-refractivity contribution in [2.45, 2.75) is 6.92 Å². The number of carbonyl (C=O) groups excluding carboxylic acids is 1. The third-order valence-corrected chi connectivity index (χ3v) is 3.52. The second-order valence-electron chi connectivity index (χ2n) is 5.18. The standard InChI is InChI=1S/C16H18N4O2/c1-12-2-4-13(5-3-12)19-16(21)14-10-18-15(11-17-14)20-6-8-22-9-7-20/h2-5,10-11H,6-9H2,1H3,(H,19,21). The van der Waals surface area contributed by atoms with Gasteiger partial charge in [0.05, 0.1) is 25.6 Å². The lowest BCUT2D eigenvalue weighted by atomic mass is 10.2. The van der Waals surface area contributed by atoms with Gasteiger partial charge in [0.25, 0.3) is 5.91 Å². The highest BCUT2D eigenvalue weighted by Gasteiger charge is 2.14. The summed E-state index contributed by atoms with van der Waals surface area (Å²) in [5.74, 6) is 0.514. The highest BCUT2D eigenvalue weighted by Crippen LogP contribution is 2.13. The lowest BCUT2D eigenvalue weighted by Crippen LogP contribution is -2.36. The maximum atomic E-state index is 12.1. The van der Waals surface area contributed by atoms with E-state index in [1.54, 1.807) is 6.20 Å². The predicted octanol–water partition coefficient (Wildman–Crippen LogP) is 1.87. The van der Waals surface area contributed by atoms with Crippen molar-refractivity contribution in [3.8, 4) is 0 Å². The van der Waals surface area contributed by atoms with Crippen LogP contribution in [0.5, 0.6) is 0 Å². The SMILES string of the molecule is Cc1ccc(NC(=O)c2cnc(N3CCOCC3)cn2)cc1. The molecule has 114 valence electrons. The number of aryl methyl sites for hydroxylation is 1. The molecule has 0 atom stereocenters. The molecule has 0 radical (unpaired) electrons. The fourth-order valence-corrected chi connectivity index (χ4v) is 2.23. The molecular weight excluding hydrogens is 280 g/mol. The van der Waals surface area contributed by atoms with E-state index in [1.165, 1.54) is 6.20 Å². The molecule has 2 aromatic rings. The summed E-state index contributed by atoms with van der Waals surface area (Å²) in [6, 6.07) is 7.62. The van der Waals surface area contributed by atoms with E-state index in [1.807, 2.05) is 31.2 Å². The Balaban J connectivity index is 1.66. The Kier molecular flexibility index (Phi) is 4.29. The first-order chi connectivity index (χ1) is 10.7. The van der Waals surface area contributed by atoms with E-state index in [0.717, 1.165) is 30.2 Å². The van der Waals surface area contributed by atoms with E-state index in [-0.39, 0.29) is 5.91 Å². The van der Waals surface area contributed by atoms with Crippen molar-refractivity contribution in [1.29, 1.82) is 0 Å². The summed E-state index contributed by atoms with van der Waals surface area (Å²) in [5.41, 5.74) is 2.19. The second kappa shape index (κ2) is 6.53. The van der Waals surface area contributed by atoms with Crippen LogP contribution in [0.15, 0.2) is 36.7 Å². The molecule has 6 heteroatoms. The van der Waals surface area contributed by atoms with Crippen LogP contribution in [0.25, 0.3) is 0 Å². The number of amides is 1. The molecule has 6 nitrogen and oxygen atoms in total. The first-order valence-corrected chi connectivity index (χ1v) is 7.25. The van der Waals surface area contributed by atoms with E-state index in [4.69, 9.17) is 4.74 Å². The number of ether oxygens (including phenoxy) is 1. The Morgan fingerprint density at radius 2 is 1.86 bits per heavy atom. The number of nitrogens with zero attached hydrogens (tertiary/aromatic N) is 3. The van der Waals surface area contributed by atoms with Gasteiger partial charge >= 0.3 is 0 Å². The molecule has 0 aliphatic carbocycles. The summed E-state index contributed by atoms with van der Waals surface area (Å²) in [6.45, 7) is 4.98. The normalized spacial score (nSPS) is 14.7. The van der Waals surface area contributed by atoms with Gasteiger partial charge in [-0.1, -0.05) is 17.7 Å². The molecule has 22 heavy (non-hydrogen) atoms. The highest BCUT2D eigenvalue weighted by atomic mass is 16.5. The van der Waals surface area contributed by atoms with E-state index in [2.05, 4.69) is 20.2 Å². The summed E-state index contributed by atoms with van der Waals surface area (Å²) in [5, 5.41) is 2.81. The number of nitrogens with one attached hydrogen (secondary N) is 1. The number of carbonyl (C=O) groups is 1. The fraction of sp³-hybridized carbons (Fsp3) is 0.312. The fourth-order valence-electron chi connectivity index (χ4n) is 2.23. The summed E-state index contributed by atoms with van der Waals surface area (Å²) < 4.78 is 5.30. The zero-order valence-corrected chi connectivity index (χ0v) is 12.5. The molecule has 1 aromatic carbocycles. The van der Waals surface area contributed by atoms with Gasteiger partial charge in [-0.2, -0.15) is 0 Å². The van der Waals surface area contributed by atoms with Crippen LogP contribution in [0.1, 0.15) is 16.1 Å². The van der Waals surface area contributed by atoms with E-state index >= 15 is 0 Å². The molecule has 1 saturated heterocycles. The predicted molar refractivity (Wildman–Crippen MR) is 84.2 cm³/mol. The van der Waals surface area contributed by atoms with Crippen LogP contribution in [-0.4, -0.2) is 42.2 Å². The van der Waals surface area contributed by atoms with Gasteiger partial charge in [-0.15, -0.1) is 0 Å². The molecule has 1 fully saturated rings. The first-order valence-electron chi connectivity index (χ1n) is 7.25. The highest BCUT2D eigenvalue weighted by molar-refractivity contribution is 6.02. The van der Waals surface area contributed by atoms with Gasteiger partial charge in [0, 0.05) is 18.8 Å². The quantitative estimate of drug-likeness (QED) is 0.937. The Labute approximate surface area is 129 Å². The minimum absolute atomic E-state index is 0.259. The summed E-state index contributed by atoms with van der Waals surface area (Å²) in [7, 11) is 0. The van der Waals surface area contributed by atoms with Crippen LogP contribution in [-0.2, 0) is 4.74 Å². The second-order valence-corrected chi connectivity index (χ2v) is 5.18. The summed E-state index contributed by atoms with van der Waals surface area (Å²) >= 11 is 0. The van der Waals surface area contributed by atoms with Gasteiger partial charge in [-0.3, -0.25) is 4.79 Å². The van der Waals surface area contributed by atoms with Crippen molar-refractivity contribution in [3.05, 3.63) is 47.9 Å². The number of benzene rings is 1. The van der Waals surface area contributed by atoms with Crippen molar-refractivity contribution in [1.82, 2.24) is 9.97 Å². The molecule has 0 bridgehead atoms. The number of hydrogen-bond donors (Lipinski definition) is 1. The number of anilines is 2. The van der Waals surface area contributed by atoms with Crippen LogP contribution < -0.4 is 10.2 Å². The average Bonchev–Trinajstić information content (AvgIpc) is 2.58. The van der Waals surface area contributed by atoms with Crippen LogP contribution in [0.2, 0.25) is 0 Å². The van der Waals surface area contributed by atoms with Gasteiger partial charge in [-0.05, 0) is 19.1 Å². The molecule has 0 spiro atoms. The summed E-state index contributed by atoms with van der Waals surface area (Å²) in [6.07, 6.45) is 3.14. The van der Waals surface area contributed by atoms with E-state index < -0.39 is 0 Å². The average molecular weight is 298 g/mol. The molecule has 3 rings (SSSR count). The van der Waals surface area contributed by atoms with Gasteiger partial charge in [-0.25, -0.2) is 9.97 Å². The topological polar surface area (TPSA) is 67.4 Å². The molecule has 2 heterocycles. The molecule has 1 aliphatic heterocycles. The number of morpholine rings is 1. The van der Waals surface area contributed by atoms with E-state index in [9.17, 15) is 4.79 Å². The number of aromatic nitrogens is 2. The van der Waals surface area contributed by atoms with Gasteiger partial charge < -0.3 is 15.0 Å². The van der Waals surface area contributed by atoms with Crippen LogP contribution >= 0.6 is 0 Å². The van der Waals surface area contributed by atoms with E-state index in [0.29, 0.717) is 18.9 Å². The summed E-state index contributed by atoms with van der Waals surface area (Å²) in [4.78, 5) is 22.8. The lowest BCUT2D eigenvalue weighted by molar-refractivity contribution is 0.102. The Bertz CT molecular complexity index is 634. The van der Waals surface area contributed by atoms with Gasteiger partial charge in [0.15, 0.2) is 0 Å². The zero-order chi connectivity index (χ0) is 15.4. The maximum absolute atomic E-state index is 12.1. The largest absolute Gasteiger partial charge is 0.378 e. The van der Waals surface area contributed by atoms with Crippen molar-refractivity contribution >= 4 is 17.4 Å². The van der Waals surface area contributed by atoms with Crippen LogP contribution in [0.3, 0.4) is 0 Å². The first kappa shape index (κ1) is 14.5. The molecule has 1 aromatic heterocycles. The number of rotatable bonds is 3. The minimum Gasteiger partial charge on any atom is -0.378 e. The van der Waals surface area contributed by atoms with Crippen LogP contribution in [0, 0.1) is 6.92 Å². The monoisotopic (exact) mass is 298 g/mol. The van der Waals surface area contributed by atoms with Crippen LogP contribution in [0.4, 0.5) is 11.5 Å². The minimum atomic E-state index is -0.259. The number of hydrogen-bond acceptors (Lipinski definition) is 5. The van der Waals surface area contributed by atoms with Crippen molar-refractivity contribution in [2.24, 2.45) is 0 Å². The van der Waals surface area contributed by atoms with Crippen molar-refractivity contribution in [2.75, 3.05) is 36.5 Å².